The maximum Gasteiger partial charge on any atom is 0.472 e. The first-order valence-electron chi connectivity index (χ1n) is 36.7. The number of hydrogen-bond donors (Lipinski definition) is 3. The number of phosphoric ester groups is 2. The fraction of sp³-hybridized carbons (Fsp3) is 0.944. The van der Waals surface area contributed by atoms with Gasteiger partial charge in [-0.2, -0.15) is 0 Å². The van der Waals surface area contributed by atoms with Crippen LogP contribution in [0.5, 0.6) is 0 Å². The molecule has 0 heterocycles. The van der Waals surface area contributed by atoms with Crippen LogP contribution in [-0.4, -0.2) is 96.7 Å². The van der Waals surface area contributed by atoms with Crippen LogP contribution in [0, 0.1) is 23.7 Å². The van der Waals surface area contributed by atoms with E-state index in [0.29, 0.717) is 31.6 Å². The van der Waals surface area contributed by atoms with Crippen LogP contribution in [0.1, 0.15) is 351 Å². The number of carbonyl (C=O) groups excluding carboxylic acids is 4. The Labute approximate surface area is 549 Å². The molecule has 0 aliphatic rings. The molecule has 0 rings (SSSR count). The third-order valence-corrected chi connectivity index (χ3v) is 18.6. The molecule has 0 aliphatic carbocycles. The third kappa shape index (κ3) is 63.5. The lowest BCUT2D eigenvalue weighted by atomic mass is 10.00. The normalized spacial score (nSPS) is 14.6. The van der Waals surface area contributed by atoms with Crippen molar-refractivity contribution in [3.05, 3.63) is 0 Å². The fourth-order valence-electron chi connectivity index (χ4n) is 10.6. The van der Waals surface area contributed by atoms with Crippen LogP contribution in [0.4, 0.5) is 0 Å². The lowest BCUT2D eigenvalue weighted by molar-refractivity contribution is -0.161. The zero-order valence-electron chi connectivity index (χ0n) is 58.8. The molecule has 0 aliphatic heterocycles. The first-order chi connectivity index (χ1) is 43.1. The summed E-state index contributed by atoms with van der Waals surface area (Å²) in [6.45, 7) is 14.1. The Balaban J connectivity index is 5.21. The van der Waals surface area contributed by atoms with Crippen molar-refractivity contribution in [1.29, 1.82) is 0 Å². The molecule has 0 radical (unpaired) electrons. The average molecular weight is 1330 g/mol. The Hall–Kier alpha value is -1.94. The molecule has 0 amide bonds. The molecule has 0 spiro atoms. The molecule has 17 nitrogen and oxygen atoms in total. The highest BCUT2D eigenvalue weighted by Crippen LogP contribution is 2.45. The van der Waals surface area contributed by atoms with Gasteiger partial charge in [-0.25, -0.2) is 9.13 Å². The highest BCUT2D eigenvalue weighted by molar-refractivity contribution is 7.47. The second-order valence-electron chi connectivity index (χ2n) is 27.3. The predicted octanol–water partition coefficient (Wildman–Crippen LogP) is 20.1. The molecule has 90 heavy (non-hydrogen) atoms. The van der Waals surface area contributed by atoms with Crippen LogP contribution in [0.2, 0.25) is 0 Å². The van der Waals surface area contributed by atoms with Crippen molar-refractivity contribution in [2.75, 3.05) is 39.6 Å². The van der Waals surface area contributed by atoms with Crippen LogP contribution >= 0.6 is 15.6 Å². The Bertz CT molecular complexity index is 1780. The zero-order valence-corrected chi connectivity index (χ0v) is 60.6. The summed E-state index contributed by atoms with van der Waals surface area (Å²) in [7, 11) is -9.90. The van der Waals surface area contributed by atoms with E-state index >= 15 is 0 Å². The summed E-state index contributed by atoms with van der Waals surface area (Å²) in [5.41, 5.74) is 0. The van der Waals surface area contributed by atoms with E-state index in [2.05, 4.69) is 55.4 Å². The summed E-state index contributed by atoms with van der Waals surface area (Å²) in [4.78, 5) is 72.5. The highest BCUT2D eigenvalue weighted by Gasteiger charge is 2.30. The molecule has 0 bridgehead atoms. The number of ether oxygens (including phenoxy) is 4. The zero-order chi connectivity index (χ0) is 66.8. The summed E-state index contributed by atoms with van der Waals surface area (Å²) in [6, 6.07) is 0. The van der Waals surface area contributed by atoms with Crippen molar-refractivity contribution >= 4 is 39.5 Å². The summed E-state index contributed by atoms with van der Waals surface area (Å²) in [6.07, 6.45) is 43.3. The van der Waals surface area contributed by atoms with Gasteiger partial charge in [-0.05, 0) is 49.4 Å². The number of aliphatic hydroxyl groups excluding tert-OH is 1. The van der Waals surface area contributed by atoms with Crippen LogP contribution in [0.3, 0.4) is 0 Å². The van der Waals surface area contributed by atoms with E-state index in [1.54, 1.807) is 0 Å². The van der Waals surface area contributed by atoms with Crippen molar-refractivity contribution in [2.24, 2.45) is 23.7 Å². The van der Waals surface area contributed by atoms with Gasteiger partial charge in [-0.1, -0.05) is 299 Å². The molecular weight excluding hydrogens is 1190 g/mol. The Morgan fingerprint density at radius 1 is 0.311 bits per heavy atom. The number of phosphoric acid groups is 2. The van der Waals surface area contributed by atoms with Gasteiger partial charge in [-0.3, -0.25) is 37.3 Å². The fourth-order valence-corrected chi connectivity index (χ4v) is 12.2. The maximum atomic E-state index is 13.0. The molecule has 19 heteroatoms. The summed E-state index contributed by atoms with van der Waals surface area (Å²) in [5, 5.41) is 10.6. The van der Waals surface area contributed by atoms with E-state index in [4.69, 9.17) is 37.0 Å². The van der Waals surface area contributed by atoms with Gasteiger partial charge in [0.2, 0.25) is 0 Å². The van der Waals surface area contributed by atoms with Crippen molar-refractivity contribution in [2.45, 2.75) is 369 Å². The largest absolute Gasteiger partial charge is 0.472 e. The summed E-state index contributed by atoms with van der Waals surface area (Å²) in [5.74, 6) is 0.834. The van der Waals surface area contributed by atoms with Gasteiger partial charge >= 0.3 is 39.5 Å². The van der Waals surface area contributed by atoms with E-state index in [9.17, 15) is 43.2 Å². The van der Waals surface area contributed by atoms with Gasteiger partial charge in [0.15, 0.2) is 12.2 Å². The number of aliphatic hydroxyl groups is 1. The minimum Gasteiger partial charge on any atom is -0.462 e. The smallest absolute Gasteiger partial charge is 0.462 e. The molecule has 0 aromatic heterocycles. The first-order valence-corrected chi connectivity index (χ1v) is 39.7. The second-order valence-corrected chi connectivity index (χ2v) is 30.2. The van der Waals surface area contributed by atoms with Gasteiger partial charge in [0.25, 0.3) is 0 Å². The number of carbonyl (C=O) groups is 4. The van der Waals surface area contributed by atoms with Crippen LogP contribution in [0.25, 0.3) is 0 Å². The van der Waals surface area contributed by atoms with Gasteiger partial charge in [0.1, 0.15) is 19.3 Å². The van der Waals surface area contributed by atoms with Crippen molar-refractivity contribution in [3.8, 4) is 0 Å². The van der Waals surface area contributed by atoms with E-state index in [1.807, 2.05) is 0 Å². The number of unbranched alkanes of at least 4 members (excludes halogenated alkanes) is 33. The molecular formula is C71H138O17P2. The Morgan fingerprint density at radius 3 is 0.789 bits per heavy atom. The number of rotatable bonds is 68. The van der Waals surface area contributed by atoms with Gasteiger partial charge < -0.3 is 33.8 Å². The topological polar surface area (TPSA) is 237 Å². The van der Waals surface area contributed by atoms with Gasteiger partial charge in [-0.15, -0.1) is 0 Å². The second kappa shape index (κ2) is 60.7. The monoisotopic (exact) mass is 1320 g/mol. The molecule has 6 atom stereocenters. The summed E-state index contributed by atoms with van der Waals surface area (Å²) >= 11 is 0. The molecule has 3 unspecified atom stereocenters. The highest BCUT2D eigenvalue weighted by atomic mass is 31.2. The number of esters is 4. The van der Waals surface area contributed by atoms with Crippen LogP contribution in [-0.2, 0) is 65.4 Å². The molecule has 3 N–H and O–H groups in total. The van der Waals surface area contributed by atoms with Crippen molar-refractivity contribution < 1.29 is 80.2 Å². The minimum absolute atomic E-state index is 0.102. The van der Waals surface area contributed by atoms with Crippen LogP contribution < -0.4 is 0 Å². The van der Waals surface area contributed by atoms with E-state index < -0.39 is 97.5 Å². The quantitative estimate of drug-likeness (QED) is 0.0222. The van der Waals surface area contributed by atoms with Crippen LogP contribution in [0.15, 0.2) is 0 Å². The van der Waals surface area contributed by atoms with Gasteiger partial charge in [0, 0.05) is 25.7 Å². The van der Waals surface area contributed by atoms with Crippen molar-refractivity contribution in [1.82, 2.24) is 0 Å². The first kappa shape index (κ1) is 88.1. The molecule has 0 aromatic rings. The summed E-state index contributed by atoms with van der Waals surface area (Å²) < 4.78 is 68.3. The SMILES string of the molecule is CCC(C)CCCCCCCCC(=O)O[C@H](COC(=O)CCCCCCCCCCCCCC(C)C)COP(=O)(O)OC[C@@H](O)COP(=O)(O)OC[C@@H](COC(=O)CCCCCCCCC(C)C)OC(=O)CCCCCCCCCCCCCCCCC(C)C. The lowest BCUT2D eigenvalue weighted by Gasteiger charge is -2.21. The Morgan fingerprint density at radius 2 is 0.533 bits per heavy atom. The van der Waals surface area contributed by atoms with Crippen molar-refractivity contribution in [3.63, 3.8) is 0 Å². The molecule has 0 aromatic carbocycles. The van der Waals surface area contributed by atoms with E-state index in [1.165, 1.54) is 148 Å². The van der Waals surface area contributed by atoms with Gasteiger partial charge in [0.05, 0.1) is 26.4 Å². The maximum absolute atomic E-state index is 13.0. The minimum atomic E-state index is -4.95. The third-order valence-electron chi connectivity index (χ3n) is 16.7. The average Bonchev–Trinajstić information content (AvgIpc) is 3.13. The number of hydrogen-bond acceptors (Lipinski definition) is 15. The van der Waals surface area contributed by atoms with E-state index in [0.717, 1.165) is 114 Å². The standard InChI is InChI=1S/C71H138O17P2/c1-9-64(8)50-42-34-28-30-38-46-54-71(76)88-67(57-81-68(73)51-43-35-25-21-18-14-16-20-24-32-40-48-62(4)5)60-86-90(79,80)84-56-65(72)55-83-89(77,78)85-59-66(58-82-69(74)52-44-36-29-27-33-41-49-63(6)7)87-70(75)53-45-37-26-22-17-13-11-10-12-15-19-23-31-39-47-61(2)3/h61-67,72H,9-60H2,1-8H3,(H,77,78)(H,79,80)/t64?,65-,66+,67+/m0/s1. The molecule has 0 fully saturated rings. The molecule has 0 saturated carbocycles. The lowest BCUT2D eigenvalue weighted by Crippen LogP contribution is -2.30. The predicted molar refractivity (Wildman–Crippen MR) is 363 cm³/mol. The van der Waals surface area contributed by atoms with E-state index in [-0.39, 0.29) is 25.7 Å². The molecule has 534 valence electrons. The Kier molecular flexibility index (Phi) is 59.4. The molecule has 0 saturated heterocycles.